The molecule has 4 rings (SSSR count). The highest BCUT2D eigenvalue weighted by molar-refractivity contribution is 5.81. The molecule has 2 aromatic rings. The number of rotatable bonds is 5. The molecular weight excluding hydrogens is 352 g/mol. The smallest absolute Gasteiger partial charge is 0.193 e. The normalized spacial score (nSPS) is 22.0. The number of guanidine groups is 1. The van der Waals surface area contributed by atoms with Crippen LogP contribution in [0.25, 0.3) is 10.9 Å². The monoisotopic (exact) mass is 384 g/mol. The van der Waals surface area contributed by atoms with Crippen molar-refractivity contribution in [3.8, 4) is 0 Å². The Morgan fingerprint density at radius 3 is 2.86 bits per heavy atom. The largest absolute Gasteiger partial charge is 0.376 e. The Morgan fingerprint density at radius 2 is 2.11 bits per heavy atom. The van der Waals surface area contributed by atoms with Gasteiger partial charge in [0, 0.05) is 38.0 Å². The van der Waals surface area contributed by atoms with Crippen LogP contribution >= 0.6 is 0 Å². The minimum Gasteiger partial charge on any atom is -0.376 e. The first-order chi connectivity index (χ1) is 13.8. The van der Waals surface area contributed by atoms with Gasteiger partial charge in [-0.15, -0.1) is 0 Å². The summed E-state index contributed by atoms with van der Waals surface area (Å²) in [6.07, 6.45) is 6.33. The fraction of sp³-hybridized carbons (Fsp3) is 0.591. The minimum atomic E-state index is 0.303. The second kappa shape index (κ2) is 9.43. The number of benzene rings is 1. The molecule has 1 unspecified atom stereocenters. The summed E-state index contributed by atoms with van der Waals surface area (Å²) in [4.78, 5) is 10.3. The number of likely N-dealkylation sites (tertiary alicyclic amines) is 1. The Hall–Kier alpha value is -2.05. The Balaban J connectivity index is 1.22. The van der Waals surface area contributed by atoms with Gasteiger partial charge >= 0.3 is 0 Å². The molecule has 0 radical (unpaired) electrons. The zero-order valence-electron chi connectivity index (χ0n) is 16.8. The molecule has 1 aromatic heterocycles. The van der Waals surface area contributed by atoms with E-state index < -0.39 is 0 Å². The van der Waals surface area contributed by atoms with Crippen molar-refractivity contribution in [1.29, 1.82) is 0 Å². The summed E-state index contributed by atoms with van der Waals surface area (Å²) in [5, 5.41) is 4.74. The maximum atomic E-state index is 6.13. The molecule has 3 heterocycles. The topological polar surface area (TPSA) is 61.9 Å². The lowest BCUT2D eigenvalue weighted by Gasteiger charge is -2.35. The highest BCUT2D eigenvalue weighted by Crippen LogP contribution is 2.18. The second-order valence-corrected chi connectivity index (χ2v) is 7.79. The van der Waals surface area contributed by atoms with Crippen LogP contribution in [0.2, 0.25) is 0 Å². The molecule has 0 spiro atoms. The predicted octanol–water partition coefficient (Wildman–Crippen LogP) is 3.29. The summed E-state index contributed by atoms with van der Waals surface area (Å²) < 4.78 is 11.9. The first kappa shape index (κ1) is 19.3. The van der Waals surface area contributed by atoms with E-state index in [9.17, 15) is 0 Å². The Morgan fingerprint density at radius 1 is 1.25 bits per heavy atom. The number of aromatic nitrogens is 1. The average Bonchev–Trinajstić information content (AvgIpc) is 3.17. The molecule has 2 aliphatic heterocycles. The summed E-state index contributed by atoms with van der Waals surface area (Å²) in [5.74, 6) is 0.965. The van der Waals surface area contributed by atoms with Gasteiger partial charge in [0.2, 0.25) is 0 Å². The molecule has 0 bridgehead atoms. The van der Waals surface area contributed by atoms with E-state index >= 15 is 0 Å². The van der Waals surface area contributed by atoms with Crippen LogP contribution in [0, 0.1) is 0 Å². The predicted molar refractivity (Wildman–Crippen MR) is 113 cm³/mol. The molecular formula is C22H32N4O2. The number of fused-ring (bicyclic) bond motifs is 1. The fourth-order valence-electron chi connectivity index (χ4n) is 4.15. The minimum absolute atomic E-state index is 0.303. The number of aromatic amines is 1. The van der Waals surface area contributed by atoms with E-state index in [0.29, 0.717) is 12.2 Å². The molecule has 0 saturated carbocycles. The van der Waals surface area contributed by atoms with Gasteiger partial charge in [-0.2, -0.15) is 0 Å². The lowest BCUT2D eigenvalue weighted by Crippen LogP contribution is -2.47. The van der Waals surface area contributed by atoms with E-state index in [1.54, 1.807) is 0 Å². The maximum Gasteiger partial charge on any atom is 0.193 e. The zero-order valence-corrected chi connectivity index (χ0v) is 16.8. The Bertz CT molecular complexity index is 741. The third kappa shape index (κ3) is 4.86. The van der Waals surface area contributed by atoms with Gasteiger partial charge in [0.15, 0.2) is 5.96 Å². The van der Waals surface area contributed by atoms with Crippen LogP contribution in [-0.2, 0) is 16.0 Å². The van der Waals surface area contributed by atoms with Crippen molar-refractivity contribution in [2.45, 2.75) is 50.9 Å². The van der Waals surface area contributed by atoms with Crippen LogP contribution in [0.15, 0.2) is 35.3 Å². The van der Waals surface area contributed by atoms with Gasteiger partial charge in [-0.3, -0.25) is 4.99 Å². The number of nitrogens with zero attached hydrogens (tertiary/aromatic N) is 2. The number of hydrogen-bond donors (Lipinski definition) is 2. The number of aliphatic imine (C=N–C) groups is 1. The molecule has 1 aromatic carbocycles. The van der Waals surface area contributed by atoms with Crippen LogP contribution in [0.4, 0.5) is 0 Å². The molecule has 2 aliphatic rings. The maximum absolute atomic E-state index is 6.13. The van der Waals surface area contributed by atoms with Crippen LogP contribution < -0.4 is 5.32 Å². The van der Waals surface area contributed by atoms with Crippen molar-refractivity contribution < 1.29 is 9.47 Å². The number of ether oxygens (including phenoxy) is 2. The van der Waals surface area contributed by atoms with E-state index in [-0.39, 0.29) is 0 Å². The summed E-state index contributed by atoms with van der Waals surface area (Å²) in [5.41, 5.74) is 2.35. The fourth-order valence-corrected chi connectivity index (χ4v) is 4.15. The molecule has 2 N–H and O–H groups in total. The third-order valence-electron chi connectivity index (χ3n) is 5.77. The van der Waals surface area contributed by atoms with Gasteiger partial charge in [-0.05, 0) is 49.6 Å². The Labute approximate surface area is 167 Å². The molecule has 28 heavy (non-hydrogen) atoms. The highest BCUT2D eigenvalue weighted by Gasteiger charge is 2.23. The van der Waals surface area contributed by atoms with Crippen molar-refractivity contribution in [1.82, 2.24) is 15.2 Å². The number of H-pyrrole nitrogens is 1. The van der Waals surface area contributed by atoms with Crippen LogP contribution in [0.3, 0.4) is 0 Å². The molecule has 0 aliphatic carbocycles. The molecule has 0 amide bonds. The summed E-state index contributed by atoms with van der Waals surface area (Å²) in [6.45, 7) is 4.34. The van der Waals surface area contributed by atoms with E-state index in [1.807, 2.05) is 7.05 Å². The van der Waals surface area contributed by atoms with Gasteiger partial charge in [0.25, 0.3) is 0 Å². The van der Waals surface area contributed by atoms with Crippen molar-refractivity contribution in [3.63, 3.8) is 0 Å². The highest BCUT2D eigenvalue weighted by atomic mass is 16.5. The van der Waals surface area contributed by atoms with Gasteiger partial charge in [0.1, 0.15) is 0 Å². The second-order valence-electron chi connectivity index (χ2n) is 7.79. The number of piperidine rings is 1. The average molecular weight is 385 g/mol. The molecule has 2 saturated heterocycles. The first-order valence-corrected chi connectivity index (χ1v) is 10.6. The molecule has 1 atom stereocenters. The van der Waals surface area contributed by atoms with Gasteiger partial charge in [-0.1, -0.05) is 18.2 Å². The van der Waals surface area contributed by atoms with Crippen molar-refractivity contribution >= 4 is 16.9 Å². The Kier molecular flexibility index (Phi) is 6.49. The standard InChI is InChI=1S/C22H32N4O2/c1-23-22(24-15-18-14-17-6-2-3-8-21(17)25-18)26-11-9-19(10-12-26)28-16-20-7-4-5-13-27-20/h2-3,6,8,14,19-20,25H,4-5,7,9-13,15-16H2,1H3,(H,23,24). The summed E-state index contributed by atoms with van der Waals surface area (Å²) >= 11 is 0. The molecule has 6 nitrogen and oxygen atoms in total. The number of hydrogen-bond acceptors (Lipinski definition) is 3. The van der Waals surface area contributed by atoms with Gasteiger partial charge < -0.3 is 24.7 Å². The SMILES string of the molecule is CN=C(NCc1cc2ccccc2[nH]1)N1CCC(OCC2CCCCO2)CC1. The van der Waals surface area contributed by atoms with E-state index in [1.165, 1.54) is 29.4 Å². The van der Waals surface area contributed by atoms with E-state index in [0.717, 1.165) is 58.1 Å². The van der Waals surface area contributed by atoms with Crippen molar-refractivity contribution in [2.75, 3.05) is 33.4 Å². The number of para-hydroxylation sites is 1. The molecule has 152 valence electrons. The van der Waals surface area contributed by atoms with Crippen LogP contribution in [0.1, 0.15) is 37.8 Å². The van der Waals surface area contributed by atoms with Crippen LogP contribution in [0.5, 0.6) is 0 Å². The number of nitrogens with one attached hydrogen (secondary N) is 2. The third-order valence-corrected chi connectivity index (χ3v) is 5.77. The van der Waals surface area contributed by atoms with E-state index in [2.05, 4.69) is 50.5 Å². The molecule has 6 heteroatoms. The summed E-state index contributed by atoms with van der Waals surface area (Å²) in [7, 11) is 1.86. The molecule has 2 fully saturated rings. The van der Waals surface area contributed by atoms with Crippen molar-refractivity contribution in [2.24, 2.45) is 4.99 Å². The van der Waals surface area contributed by atoms with Crippen molar-refractivity contribution in [3.05, 3.63) is 36.0 Å². The summed E-state index contributed by atoms with van der Waals surface area (Å²) in [6, 6.07) is 10.6. The zero-order chi connectivity index (χ0) is 19.2. The van der Waals surface area contributed by atoms with E-state index in [4.69, 9.17) is 9.47 Å². The van der Waals surface area contributed by atoms with Gasteiger partial charge in [-0.25, -0.2) is 0 Å². The van der Waals surface area contributed by atoms with Gasteiger partial charge in [0.05, 0.1) is 25.4 Å². The quantitative estimate of drug-likeness (QED) is 0.613. The first-order valence-electron chi connectivity index (χ1n) is 10.6. The van der Waals surface area contributed by atoms with Crippen LogP contribution in [-0.4, -0.2) is 61.4 Å². The lowest BCUT2D eigenvalue weighted by molar-refractivity contribution is -0.0721. The lowest BCUT2D eigenvalue weighted by atomic mass is 10.1.